The Morgan fingerprint density at radius 2 is 1.84 bits per heavy atom. The van der Waals surface area contributed by atoms with Gasteiger partial charge in [-0.1, -0.05) is 41.9 Å². The van der Waals surface area contributed by atoms with Crippen LogP contribution in [0.2, 0.25) is 5.02 Å². The van der Waals surface area contributed by atoms with Crippen molar-refractivity contribution < 1.29 is 19.1 Å². The zero-order valence-electron chi connectivity index (χ0n) is 16.7. The molecule has 0 spiro atoms. The number of aromatic nitrogens is 1. The SMILES string of the molecule is Cc1c(Cl)cccc1NC(=O)CNC(=O)COC(=O)/C=C/c1ccc2ccccc2n1. The van der Waals surface area contributed by atoms with E-state index in [2.05, 4.69) is 15.6 Å². The number of carbonyl (C=O) groups excluding carboxylic acids is 3. The first kappa shape index (κ1) is 22.0. The molecule has 0 atom stereocenters. The number of rotatable bonds is 7. The Labute approximate surface area is 184 Å². The smallest absolute Gasteiger partial charge is 0.331 e. The number of nitrogens with zero attached hydrogens (tertiary/aromatic N) is 1. The van der Waals surface area contributed by atoms with Gasteiger partial charge >= 0.3 is 5.97 Å². The lowest BCUT2D eigenvalue weighted by molar-refractivity contribution is -0.143. The molecule has 0 aliphatic heterocycles. The number of carbonyl (C=O) groups is 3. The lowest BCUT2D eigenvalue weighted by atomic mass is 10.2. The van der Waals surface area contributed by atoms with Crippen molar-refractivity contribution in [3.8, 4) is 0 Å². The molecule has 8 heteroatoms. The molecule has 3 rings (SSSR count). The van der Waals surface area contributed by atoms with Crippen LogP contribution in [0.25, 0.3) is 17.0 Å². The summed E-state index contributed by atoms with van der Waals surface area (Å²) in [6.45, 7) is 1.01. The normalized spacial score (nSPS) is 10.8. The number of nitrogens with one attached hydrogen (secondary N) is 2. The van der Waals surface area contributed by atoms with Crippen molar-refractivity contribution in [3.05, 3.63) is 77.0 Å². The molecular formula is C23H20ClN3O4. The Morgan fingerprint density at radius 1 is 1.03 bits per heavy atom. The van der Waals surface area contributed by atoms with E-state index in [-0.39, 0.29) is 6.54 Å². The average Bonchev–Trinajstić information content (AvgIpc) is 2.77. The summed E-state index contributed by atoms with van der Waals surface area (Å²) in [5, 5.41) is 6.57. The van der Waals surface area contributed by atoms with Crippen molar-refractivity contribution >= 4 is 52.1 Å². The van der Waals surface area contributed by atoms with Gasteiger partial charge in [0.25, 0.3) is 5.91 Å². The van der Waals surface area contributed by atoms with E-state index in [1.807, 2.05) is 30.3 Å². The highest BCUT2D eigenvalue weighted by molar-refractivity contribution is 6.31. The molecule has 2 N–H and O–H groups in total. The van der Waals surface area contributed by atoms with Crippen molar-refractivity contribution in [1.82, 2.24) is 10.3 Å². The Morgan fingerprint density at radius 3 is 2.68 bits per heavy atom. The van der Waals surface area contributed by atoms with Gasteiger partial charge in [0.1, 0.15) is 0 Å². The second-order valence-electron chi connectivity index (χ2n) is 6.61. The number of amides is 2. The van der Waals surface area contributed by atoms with Gasteiger partial charge in [-0.25, -0.2) is 9.78 Å². The molecule has 0 fully saturated rings. The van der Waals surface area contributed by atoms with Gasteiger partial charge in [0, 0.05) is 22.2 Å². The molecule has 2 aromatic carbocycles. The molecule has 0 unspecified atom stereocenters. The van der Waals surface area contributed by atoms with Crippen LogP contribution < -0.4 is 10.6 Å². The van der Waals surface area contributed by atoms with E-state index in [0.29, 0.717) is 16.4 Å². The van der Waals surface area contributed by atoms with Gasteiger partial charge in [-0.05, 0) is 42.8 Å². The molecule has 3 aromatic rings. The monoisotopic (exact) mass is 437 g/mol. The minimum atomic E-state index is -0.691. The summed E-state index contributed by atoms with van der Waals surface area (Å²) < 4.78 is 4.88. The van der Waals surface area contributed by atoms with E-state index in [0.717, 1.165) is 16.5 Å². The van der Waals surface area contributed by atoms with Crippen molar-refractivity contribution in [2.24, 2.45) is 0 Å². The molecule has 1 heterocycles. The van der Waals surface area contributed by atoms with Crippen LogP contribution in [0.15, 0.2) is 60.7 Å². The molecule has 0 aliphatic carbocycles. The van der Waals surface area contributed by atoms with Crippen LogP contribution in [-0.2, 0) is 19.1 Å². The van der Waals surface area contributed by atoms with Crippen molar-refractivity contribution in [2.45, 2.75) is 6.92 Å². The Bertz CT molecular complexity index is 1160. The summed E-state index contributed by atoms with van der Waals surface area (Å²) in [5.74, 6) is -1.71. The van der Waals surface area contributed by atoms with Crippen LogP contribution in [0.4, 0.5) is 5.69 Å². The fourth-order valence-electron chi connectivity index (χ4n) is 2.68. The Kier molecular flexibility index (Phi) is 7.35. The van der Waals surface area contributed by atoms with Crippen molar-refractivity contribution in [3.63, 3.8) is 0 Å². The van der Waals surface area contributed by atoms with E-state index < -0.39 is 24.4 Å². The number of ether oxygens (including phenoxy) is 1. The Hall–Kier alpha value is -3.71. The summed E-state index contributed by atoms with van der Waals surface area (Å²) in [5.41, 5.74) is 2.69. The second-order valence-corrected chi connectivity index (χ2v) is 7.01. The zero-order valence-corrected chi connectivity index (χ0v) is 17.5. The molecule has 0 saturated carbocycles. The van der Waals surface area contributed by atoms with Crippen LogP contribution in [0.1, 0.15) is 11.3 Å². The summed E-state index contributed by atoms with van der Waals surface area (Å²) in [6.07, 6.45) is 2.70. The van der Waals surface area contributed by atoms with Gasteiger partial charge in [0.2, 0.25) is 5.91 Å². The molecule has 1 aromatic heterocycles. The molecular weight excluding hydrogens is 418 g/mol. The van der Waals surface area contributed by atoms with Gasteiger partial charge < -0.3 is 15.4 Å². The van der Waals surface area contributed by atoms with Crippen molar-refractivity contribution in [1.29, 1.82) is 0 Å². The fourth-order valence-corrected chi connectivity index (χ4v) is 2.85. The maximum absolute atomic E-state index is 12.0. The van der Waals surface area contributed by atoms with Gasteiger partial charge in [0.15, 0.2) is 6.61 Å². The maximum atomic E-state index is 12.0. The fraction of sp³-hybridized carbons (Fsp3) is 0.130. The van der Waals surface area contributed by atoms with Gasteiger partial charge in [0.05, 0.1) is 17.8 Å². The standard InChI is InChI=1S/C23H20ClN3O4/c1-15-18(24)6-4-8-19(15)27-21(28)13-25-22(29)14-31-23(30)12-11-17-10-9-16-5-2-3-7-20(16)26-17/h2-12H,13-14H2,1H3,(H,25,29)(H,27,28)/b12-11+. The van der Waals surface area contributed by atoms with Crippen LogP contribution in [0.3, 0.4) is 0 Å². The quantitative estimate of drug-likeness (QED) is 0.435. The lowest BCUT2D eigenvalue weighted by Gasteiger charge is -2.10. The van der Waals surface area contributed by atoms with E-state index >= 15 is 0 Å². The van der Waals surface area contributed by atoms with Gasteiger partial charge in [-0.2, -0.15) is 0 Å². The van der Waals surface area contributed by atoms with Crippen LogP contribution in [0.5, 0.6) is 0 Å². The van der Waals surface area contributed by atoms with Crippen LogP contribution >= 0.6 is 11.6 Å². The first-order valence-electron chi connectivity index (χ1n) is 9.44. The topological polar surface area (TPSA) is 97.4 Å². The summed E-state index contributed by atoms with van der Waals surface area (Å²) in [4.78, 5) is 40.0. The predicted octanol–water partition coefficient (Wildman–Crippen LogP) is 3.51. The van der Waals surface area contributed by atoms with E-state index in [1.165, 1.54) is 12.2 Å². The summed E-state index contributed by atoms with van der Waals surface area (Å²) >= 11 is 6.01. The Balaban J connectivity index is 1.42. The highest BCUT2D eigenvalue weighted by atomic mass is 35.5. The highest BCUT2D eigenvalue weighted by Crippen LogP contribution is 2.22. The number of esters is 1. The molecule has 0 saturated heterocycles. The minimum absolute atomic E-state index is 0.265. The molecule has 0 aliphatic rings. The maximum Gasteiger partial charge on any atom is 0.331 e. The lowest BCUT2D eigenvalue weighted by Crippen LogP contribution is -2.35. The van der Waals surface area contributed by atoms with Crippen LogP contribution in [-0.4, -0.2) is 35.9 Å². The second kappa shape index (κ2) is 10.4. The largest absolute Gasteiger partial charge is 0.452 e. The number of benzene rings is 2. The van der Waals surface area contributed by atoms with E-state index in [1.54, 1.807) is 31.2 Å². The van der Waals surface area contributed by atoms with Crippen LogP contribution in [0, 0.1) is 6.92 Å². The van der Waals surface area contributed by atoms with E-state index in [9.17, 15) is 14.4 Å². The first-order chi connectivity index (χ1) is 14.9. The van der Waals surface area contributed by atoms with Gasteiger partial charge in [-0.3, -0.25) is 9.59 Å². The predicted molar refractivity (Wildman–Crippen MR) is 120 cm³/mol. The number of pyridine rings is 1. The average molecular weight is 438 g/mol. The number of anilines is 1. The highest BCUT2D eigenvalue weighted by Gasteiger charge is 2.10. The third-order valence-corrected chi connectivity index (χ3v) is 4.75. The zero-order chi connectivity index (χ0) is 22.2. The minimum Gasteiger partial charge on any atom is -0.452 e. The number of hydrogen-bond donors (Lipinski definition) is 2. The van der Waals surface area contributed by atoms with Crippen molar-refractivity contribution in [2.75, 3.05) is 18.5 Å². The summed E-state index contributed by atoms with van der Waals surface area (Å²) in [7, 11) is 0. The molecule has 0 bridgehead atoms. The first-order valence-corrected chi connectivity index (χ1v) is 9.82. The number of para-hydroxylation sites is 1. The molecule has 31 heavy (non-hydrogen) atoms. The van der Waals surface area contributed by atoms with Gasteiger partial charge in [-0.15, -0.1) is 0 Å². The number of hydrogen-bond acceptors (Lipinski definition) is 5. The summed E-state index contributed by atoms with van der Waals surface area (Å²) in [6, 6.07) is 16.4. The third-order valence-electron chi connectivity index (χ3n) is 4.34. The van der Waals surface area contributed by atoms with E-state index in [4.69, 9.17) is 16.3 Å². The number of fused-ring (bicyclic) bond motifs is 1. The third kappa shape index (κ3) is 6.38. The molecule has 158 valence electrons. The molecule has 0 radical (unpaired) electrons. The molecule has 2 amide bonds. The molecule has 7 nitrogen and oxygen atoms in total. The number of halogens is 1.